The molecule has 190 valence electrons. The number of fused-ring (bicyclic) bond motifs is 1. The molecule has 2 aromatic carbocycles. The third-order valence-corrected chi connectivity index (χ3v) is 10.3. The first kappa shape index (κ1) is 24.8. The molecule has 2 aliphatic rings. The normalized spacial score (nSPS) is 19.6. The van der Waals surface area contributed by atoms with Crippen molar-refractivity contribution in [1.29, 1.82) is 5.26 Å². The molecule has 11 nitrogen and oxygen atoms in total. The van der Waals surface area contributed by atoms with E-state index in [2.05, 4.69) is 15.4 Å². The lowest BCUT2D eigenvalue weighted by atomic mass is 10.2. The molecule has 1 fully saturated rings. The SMILES string of the molecule is Cc1nn(CCC#N)c2c1P(=Nc1ccc([N+](=O)[O-])cc1)(N1CCOCC1)N(C)C(c1ccccc1)=N2. The van der Waals surface area contributed by atoms with Crippen molar-refractivity contribution in [3.63, 3.8) is 0 Å². The van der Waals surface area contributed by atoms with Crippen LogP contribution < -0.4 is 5.30 Å². The van der Waals surface area contributed by atoms with Crippen molar-refractivity contribution < 1.29 is 9.66 Å². The number of benzene rings is 2. The average molecular weight is 519 g/mol. The van der Waals surface area contributed by atoms with Gasteiger partial charge in [0.15, 0.2) is 13.2 Å². The topological polar surface area (TPSA) is 125 Å². The number of hydrogen-bond acceptors (Lipinski definition) is 7. The van der Waals surface area contributed by atoms with Crippen molar-refractivity contribution in [1.82, 2.24) is 19.1 Å². The summed E-state index contributed by atoms with van der Waals surface area (Å²) in [6, 6.07) is 18.5. The molecule has 3 aromatic rings. The van der Waals surface area contributed by atoms with Crippen molar-refractivity contribution in [2.75, 3.05) is 33.4 Å². The average Bonchev–Trinajstić information content (AvgIpc) is 3.25. The van der Waals surface area contributed by atoms with Gasteiger partial charge in [0.25, 0.3) is 5.69 Å². The first-order valence-corrected chi connectivity index (χ1v) is 13.6. The van der Waals surface area contributed by atoms with E-state index in [0.29, 0.717) is 50.8 Å². The predicted octanol–water partition coefficient (Wildman–Crippen LogP) is 4.36. The standard InChI is InChI=1S/C25H27N8O3P/c1-19-23-25(32(28-19)14-6-13-26)27-24(20-7-4-3-5-8-20)30(2)37(23,31-15-17-36-18-16-31)29-21-9-11-22(12-10-21)33(34)35/h3-5,7-12H,6,14-18H2,1-2H3. The molecule has 12 heteroatoms. The summed E-state index contributed by atoms with van der Waals surface area (Å²) in [6.45, 7) is 4.85. The zero-order valence-corrected chi connectivity index (χ0v) is 21.6. The Morgan fingerprint density at radius 1 is 1.16 bits per heavy atom. The van der Waals surface area contributed by atoms with E-state index in [4.69, 9.17) is 19.6 Å². The molecule has 0 aliphatic carbocycles. The summed E-state index contributed by atoms with van der Waals surface area (Å²) in [5.41, 5.74) is 2.41. The van der Waals surface area contributed by atoms with Crippen LogP contribution in [0.15, 0.2) is 64.3 Å². The van der Waals surface area contributed by atoms with Gasteiger partial charge < -0.3 is 9.41 Å². The molecule has 0 spiro atoms. The van der Waals surface area contributed by atoms with Crippen molar-refractivity contribution >= 4 is 35.7 Å². The minimum Gasteiger partial charge on any atom is -0.379 e. The molecule has 37 heavy (non-hydrogen) atoms. The first-order chi connectivity index (χ1) is 18.0. The van der Waals surface area contributed by atoms with Crippen LogP contribution in [0.5, 0.6) is 0 Å². The Labute approximate surface area is 214 Å². The van der Waals surface area contributed by atoms with E-state index in [9.17, 15) is 15.4 Å². The highest BCUT2D eigenvalue weighted by Crippen LogP contribution is 2.61. The molecule has 0 bridgehead atoms. The Kier molecular flexibility index (Phi) is 6.89. The monoisotopic (exact) mass is 518 g/mol. The van der Waals surface area contributed by atoms with E-state index in [1.54, 1.807) is 12.1 Å². The summed E-state index contributed by atoms with van der Waals surface area (Å²) in [4.78, 5) is 15.9. The van der Waals surface area contributed by atoms with Gasteiger partial charge in [-0.1, -0.05) is 30.3 Å². The fraction of sp³-hybridized carbons (Fsp3) is 0.320. The summed E-state index contributed by atoms with van der Waals surface area (Å²) in [5, 5.41) is 26.3. The van der Waals surface area contributed by atoms with Gasteiger partial charge in [0.2, 0.25) is 0 Å². The Hall–Kier alpha value is -3.84. The Balaban J connectivity index is 1.82. The Morgan fingerprint density at radius 3 is 2.51 bits per heavy atom. The second-order valence-electron chi connectivity index (χ2n) is 8.72. The van der Waals surface area contributed by atoms with Crippen LogP contribution in [0.3, 0.4) is 0 Å². The van der Waals surface area contributed by atoms with Crippen molar-refractivity contribution in [2.45, 2.75) is 19.9 Å². The highest BCUT2D eigenvalue weighted by atomic mass is 31.2. The van der Waals surface area contributed by atoms with Gasteiger partial charge in [0.05, 0.1) is 53.9 Å². The van der Waals surface area contributed by atoms with Crippen LogP contribution in [0.25, 0.3) is 0 Å². The zero-order valence-electron chi connectivity index (χ0n) is 20.7. The fourth-order valence-corrected chi connectivity index (χ4v) is 8.61. The number of non-ortho nitro benzene ring substituents is 1. The van der Waals surface area contributed by atoms with Crippen LogP contribution in [0.4, 0.5) is 17.2 Å². The minimum atomic E-state index is -2.73. The molecule has 0 N–H and O–H groups in total. The third-order valence-electron chi connectivity index (χ3n) is 6.47. The number of aryl methyl sites for hydroxylation is 2. The number of aromatic nitrogens is 2. The lowest BCUT2D eigenvalue weighted by Crippen LogP contribution is -2.45. The van der Waals surface area contributed by atoms with Crippen LogP contribution in [-0.4, -0.2) is 63.2 Å². The number of nitro groups is 1. The number of nitrogens with zero attached hydrogens (tertiary/aromatic N) is 8. The van der Waals surface area contributed by atoms with E-state index in [1.165, 1.54) is 12.1 Å². The van der Waals surface area contributed by atoms with E-state index in [1.807, 2.05) is 49.0 Å². The summed E-state index contributed by atoms with van der Waals surface area (Å²) in [6.07, 6.45) is 0.308. The van der Waals surface area contributed by atoms with Gasteiger partial charge in [-0.15, -0.1) is 0 Å². The van der Waals surface area contributed by atoms with E-state index in [-0.39, 0.29) is 5.69 Å². The fourth-order valence-electron chi connectivity index (χ4n) is 4.77. The third kappa shape index (κ3) is 4.44. The number of ether oxygens (including phenoxy) is 1. The maximum Gasteiger partial charge on any atom is 0.269 e. The lowest BCUT2D eigenvalue weighted by Gasteiger charge is -2.46. The molecule has 5 rings (SSSR count). The van der Waals surface area contributed by atoms with Gasteiger partial charge in [0.1, 0.15) is 5.84 Å². The van der Waals surface area contributed by atoms with Gasteiger partial charge in [-0.25, -0.2) is 19.1 Å². The molecular weight excluding hydrogens is 491 g/mol. The Bertz CT molecular complexity index is 1440. The number of aliphatic imine (C=N–C) groups is 1. The first-order valence-electron chi connectivity index (χ1n) is 12.0. The molecular formula is C25H27N8O3P. The summed E-state index contributed by atoms with van der Waals surface area (Å²) in [7, 11) is -0.720. The number of rotatable bonds is 6. The molecule has 0 saturated carbocycles. The maximum atomic E-state index is 11.3. The quantitative estimate of drug-likeness (QED) is 0.270. The van der Waals surface area contributed by atoms with Crippen molar-refractivity contribution in [3.05, 3.63) is 76.0 Å². The summed E-state index contributed by atoms with van der Waals surface area (Å²) in [5.74, 6) is 1.46. The Morgan fingerprint density at radius 2 is 1.86 bits per heavy atom. The molecule has 2 aliphatic heterocycles. The second kappa shape index (κ2) is 10.3. The van der Waals surface area contributed by atoms with Crippen LogP contribution in [0, 0.1) is 28.4 Å². The van der Waals surface area contributed by atoms with Crippen LogP contribution in [0.1, 0.15) is 17.7 Å². The van der Waals surface area contributed by atoms with Crippen LogP contribution in [0.2, 0.25) is 0 Å². The zero-order chi connectivity index (χ0) is 26.0. The van der Waals surface area contributed by atoms with Crippen molar-refractivity contribution in [2.24, 2.45) is 9.74 Å². The van der Waals surface area contributed by atoms with E-state index >= 15 is 0 Å². The largest absolute Gasteiger partial charge is 0.379 e. The van der Waals surface area contributed by atoms with Gasteiger partial charge in [-0.3, -0.25) is 10.1 Å². The van der Waals surface area contributed by atoms with E-state index < -0.39 is 12.3 Å². The van der Waals surface area contributed by atoms with E-state index in [0.717, 1.165) is 22.4 Å². The van der Waals surface area contributed by atoms with Gasteiger partial charge in [-0.05, 0) is 19.1 Å². The number of morpholine rings is 1. The molecule has 3 heterocycles. The maximum absolute atomic E-state index is 11.3. The summed E-state index contributed by atoms with van der Waals surface area (Å²) < 4.78 is 17.5. The summed E-state index contributed by atoms with van der Waals surface area (Å²) >= 11 is 0. The molecule has 1 aromatic heterocycles. The minimum absolute atomic E-state index is 0.0161. The molecule has 1 atom stereocenters. The number of amidine groups is 1. The number of nitriles is 1. The molecule has 0 radical (unpaired) electrons. The van der Waals surface area contributed by atoms with Crippen molar-refractivity contribution in [3.8, 4) is 6.07 Å². The lowest BCUT2D eigenvalue weighted by molar-refractivity contribution is -0.384. The predicted molar refractivity (Wildman–Crippen MR) is 142 cm³/mol. The second-order valence-corrected chi connectivity index (χ2v) is 11.7. The van der Waals surface area contributed by atoms with Crippen LogP contribution in [-0.2, 0) is 11.3 Å². The highest BCUT2D eigenvalue weighted by molar-refractivity contribution is 7.70. The smallest absolute Gasteiger partial charge is 0.269 e. The molecule has 1 saturated heterocycles. The molecule has 0 amide bonds. The number of hydrogen-bond donors (Lipinski definition) is 0. The molecule has 1 unspecified atom stereocenters. The highest BCUT2D eigenvalue weighted by Gasteiger charge is 2.45. The van der Waals surface area contributed by atoms with Gasteiger partial charge >= 0.3 is 0 Å². The van der Waals surface area contributed by atoms with Gasteiger partial charge in [-0.2, -0.15) is 10.4 Å². The van der Waals surface area contributed by atoms with Gasteiger partial charge in [0, 0.05) is 37.8 Å². The number of nitro benzene ring substituents is 1. The van der Waals surface area contributed by atoms with Crippen LogP contribution >= 0.6 is 7.36 Å².